The van der Waals surface area contributed by atoms with Crippen molar-refractivity contribution in [3.8, 4) is 0 Å². The van der Waals surface area contributed by atoms with Crippen LogP contribution in [-0.4, -0.2) is 34.9 Å². The normalized spacial score (nSPS) is 14.8. The van der Waals surface area contributed by atoms with Gasteiger partial charge >= 0.3 is 0 Å². The fourth-order valence-corrected chi connectivity index (χ4v) is 1.46. The molecular weight excluding hydrogens is 206 g/mol. The Hall–Kier alpha value is -1.17. The number of nitrogen functional groups attached to an aromatic ring is 1. The molecule has 0 saturated carbocycles. The molecule has 1 rings (SSSR count). The highest BCUT2D eigenvalue weighted by atomic mass is 16.3. The molecule has 90 valence electrons. The average molecular weight is 225 g/mol. The number of aliphatic hydroxyl groups excluding tert-OH is 2. The molecule has 16 heavy (non-hydrogen) atoms. The lowest BCUT2D eigenvalue weighted by molar-refractivity contribution is 0.0119. The number of aromatic nitrogens is 1. The summed E-state index contributed by atoms with van der Waals surface area (Å²) in [6.07, 6.45) is -1.44. The highest BCUT2D eigenvalue weighted by molar-refractivity contribution is 5.44. The second kappa shape index (κ2) is 5.79. The van der Waals surface area contributed by atoms with E-state index in [2.05, 4.69) is 10.3 Å². The molecule has 0 amide bonds. The van der Waals surface area contributed by atoms with Gasteiger partial charge in [0.05, 0.1) is 17.5 Å². The van der Waals surface area contributed by atoms with Gasteiger partial charge < -0.3 is 21.3 Å². The SMILES string of the molecule is CNCCC(O)C(O)c1nc(C)ccc1N. The number of hydrogen-bond donors (Lipinski definition) is 4. The number of hydrogen-bond acceptors (Lipinski definition) is 5. The van der Waals surface area contributed by atoms with Gasteiger partial charge in [0.15, 0.2) is 0 Å². The Kier molecular flexibility index (Phi) is 4.67. The first-order valence-corrected chi connectivity index (χ1v) is 5.30. The lowest BCUT2D eigenvalue weighted by atomic mass is 10.1. The lowest BCUT2D eigenvalue weighted by Crippen LogP contribution is -2.24. The van der Waals surface area contributed by atoms with Crippen LogP contribution in [0.1, 0.15) is 23.9 Å². The Morgan fingerprint density at radius 1 is 1.44 bits per heavy atom. The molecule has 0 aliphatic rings. The van der Waals surface area contributed by atoms with Crippen LogP contribution in [0.25, 0.3) is 0 Å². The van der Waals surface area contributed by atoms with Gasteiger partial charge in [-0.25, -0.2) is 0 Å². The summed E-state index contributed by atoms with van der Waals surface area (Å²) in [4.78, 5) is 4.15. The molecule has 5 nitrogen and oxygen atoms in total. The van der Waals surface area contributed by atoms with Crippen LogP contribution in [0.15, 0.2) is 12.1 Å². The smallest absolute Gasteiger partial charge is 0.124 e. The molecule has 1 aromatic heterocycles. The Morgan fingerprint density at radius 2 is 2.12 bits per heavy atom. The van der Waals surface area contributed by atoms with Crippen molar-refractivity contribution in [1.29, 1.82) is 0 Å². The molecule has 0 radical (unpaired) electrons. The molecule has 0 aliphatic heterocycles. The zero-order valence-electron chi connectivity index (χ0n) is 9.64. The predicted octanol–water partition coefficient (Wildman–Crippen LogP) is -0.0240. The van der Waals surface area contributed by atoms with E-state index in [1.807, 2.05) is 6.92 Å². The Bertz CT molecular complexity index is 344. The fourth-order valence-electron chi connectivity index (χ4n) is 1.46. The van der Waals surface area contributed by atoms with E-state index < -0.39 is 12.2 Å². The molecular formula is C11H19N3O2. The van der Waals surface area contributed by atoms with Crippen molar-refractivity contribution in [3.63, 3.8) is 0 Å². The largest absolute Gasteiger partial charge is 0.397 e. The minimum Gasteiger partial charge on any atom is -0.397 e. The van der Waals surface area contributed by atoms with E-state index in [4.69, 9.17) is 5.73 Å². The maximum absolute atomic E-state index is 9.90. The van der Waals surface area contributed by atoms with Crippen LogP contribution in [0.3, 0.4) is 0 Å². The van der Waals surface area contributed by atoms with Crippen molar-refractivity contribution in [2.24, 2.45) is 0 Å². The van der Waals surface area contributed by atoms with Gasteiger partial charge in [-0.15, -0.1) is 0 Å². The molecule has 2 unspecified atom stereocenters. The number of nitrogens with two attached hydrogens (primary N) is 1. The highest BCUT2D eigenvalue weighted by Gasteiger charge is 2.21. The number of rotatable bonds is 5. The first kappa shape index (κ1) is 12.9. The second-order valence-electron chi connectivity index (χ2n) is 3.83. The van der Waals surface area contributed by atoms with E-state index in [-0.39, 0.29) is 0 Å². The second-order valence-corrected chi connectivity index (χ2v) is 3.83. The third-order valence-electron chi connectivity index (χ3n) is 2.43. The van der Waals surface area contributed by atoms with Gasteiger partial charge in [0.2, 0.25) is 0 Å². The summed E-state index contributed by atoms with van der Waals surface area (Å²) in [6, 6.07) is 3.46. The van der Waals surface area contributed by atoms with Crippen molar-refractivity contribution in [2.45, 2.75) is 25.6 Å². The standard InChI is InChI=1S/C11H19N3O2/c1-7-3-4-8(12)10(14-7)11(16)9(15)5-6-13-2/h3-4,9,11,13,15-16H,5-6,12H2,1-2H3. The lowest BCUT2D eigenvalue weighted by Gasteiger charge is -2.18. The van der Waals surface area contributed by atoms with E-state index in [0.717, 1.165) is 5.69 Å². The van der Waals surface area contributed by atoms with Crippen molar-refractivity contribution in [2.75, 3.05) is 19.3 Å². The van der Waals surface area contributed by atoms with Gasteiger partial charge in [0, 0.05) is 5.69 Å². The summed E-state index contributed by atoms with van der Waals surface area (Å²) >= 11 is 0. The summed E-state index contributed by atoms with van der Waals surface area (Å²) in [6.45, 7) is 2.44. The zero-order chi connectivity index (χ0) is 12.1. The van der Waals surface area contributed by atoms with Gasteiger partial charge in [-0.2, -0.15) is 0 Å². The Morgan fingerprint density at radius 3 is 2.75 bits per heavy atom. The number of anilines is 1. The number of aryl methyl sites for hydroxylation is 1. The minimum atomic E-state index is -1.03. The van der Waals surface area contributed by atoms with E-state index in [9.17, 15) is 10.2 Å². The van der Waals surface area contributed by atoms with E-state index in [1.54, 1.807) is 19.2 Å². The first-order valence-electron chi connectivity index (χ1n) is 5.30. The van der Waals surface area contributed by atoms with Crippen molar-refractivity contribution in [3.05, 3.63) is 23.5 Å². The van der Waals surface area contributed by atoms with Crippen LogP contribution >= 0.6 is 0 Å². The third-order valence-corrected chi connectivity index (χ3v) is 2.43. The van der Waals surface area contributed by atoms with E-state index >= 15 is 0 Å². The minimum absolute atomic E-state index is 0.351. The third kappa shape index (κ3) is 3.16. The van der Waals surface area contributed by atoms with Crippen molar-refractivity contribution < 1.29 is 10.2 Å². The average Bonchev–Trinajstić information content (AvgIpc) is 2.28. The van der Waals surface area contributed by atoms with Gasteiger partial charge in [-0.3, -0.25) is 4.98 Å². The summed E-state index contributed by atoms with van der Waals surface area (Å²) in [7, 11) is 1.79. The van der Waals surface area contributed by atoms with Crippen LogP contribution < -0.4 is 11.1 Å². The van der Waals surface area contributed by atoms with E-state index in [1.165, 1.54) is 0 Å². The predicted molar refractivity (Wildman–Crippen MR) is 62.9 cm³/mol. The molecule has 5 heteroatoms. The van der Waals surface area contributed by atoms with Crippen LogP contribution in [-0.2, 0) is 0 Å². The van der Waals surface area contributed by atoms with Gasteiger partial charge in [-0.05, 0) is 39.1 Å². The molecule has 5 N–H and O–H groups in total. The van der Waals surface area contributed by atoms with Gasteiger partial charge in [0.25, 0.3) is 0 Å². The number of pyridine rings is 1. The molecule has 0 aliphatic carbocycles. The summed E-state index contributed by atoms with van der Waals surface area (Å²) < 4.78 is 0. The van der Waals surface area contributed by atoms with E-state index in [0.29, 0.717) is 24.3 Å². The van der Waals surface area contributed by atoms with Gasteiger partial charge in [0.1, 0.15) is 6.10 Å². The molecule has 0 bridgehead atoms. The van der Waals surface area contributed by atoms with Crippen molar-refractivity contribution >= 4 is 5.69 Å². The topological polar surface area (TPSA) is 91.4 Å². The molecule has 2 atom stereocenters. The zero-order valence-corrected chi connectivity index (χ0v) is 9.64. The molecule has 0 aromatic carbocycles. The van der Waals surface area contributed by atoms with Crippen molar-refractivity contribution in [1.82, 2.24) is 10.3 Å². The summed E-state index contributed by atoms with van der Waals surface area (Å²) in [5, 5.41) is 22.5. The Labute approximate surface area is 95.3 Å². The fraction of sp³-hybridized carbons (Fsp3) is 0.545. The molecule has 0 spiro atoms. The van der Waals surface area contributed by atoms with Crippen LogP contribution in [0, 0.1) is 6.92 Å². The monoisotopic (exact) mass is 225 g/mol. The van der Waals surface area contributed by atoms with Crippen LogP contribution in [0.2, 0.25) is 0 Å². The highest BCUT2D eigenvalue weighted by Crippen LogP contribution is 2.22. The van der Waals surface area contributed by atoms with Crippen LogP contribution in [0.4, 0.5) is 5.69 Å². The number of nitrogens with zero attached hydrogens (tertiary/aromatic N) is 1. The quantitative estimate of drug-likeness (QED) is 0.565. The molecule has 1 heterocycles. The summed E-state index contributed by atoms with van der Waals surface area (Å²) in [5.74, 6) is 0. The molecule has 0 fully saturated rings. The molecule has 0 saturated heterocycles. The first-order chi connectivity index (χ1) is 7.56. The van der Waals surface area contributed by atoms with Gasteiger partial charge in [-0.1, -0.05) is 0 Å². The summed E-state index contributed by atoms with van der Waals surface area (Å²) in [5.41, 5.74) is 7.23. The molecule has 1 aromatic rings. The maximum Gasteiger partial charge on any atom is 0.124 e. The Balaban J connectivity index is 2.78. The number of nitrogens with one attached hydrogen (secondary N) is 1. The maximum atomic E-state index is 9.90. The van der Waals surface area contributed by atoms with Crippen LogP contribution in [0.5, 0.6) is 0 Å². The number of aliphatic hydroxyl groups is 2.